The molecule has 2 N–H and O–H groups in total. The predicted octanol–water partition coefficient (Wildman–Crippen LogP) is 2.45. The van der Waals surface area contributed by atoms with Gasteiger partial charge in [-0.15, -0.1) is 11.8 Å². The minimum absolute atomic E-state index is 0.0538. The maximum atomic E-state index is 12.3. The van der Waals surface area contributed by atoms with E-state index >= 15 is 0 Å². The molecule has 1 aliphatic carbocycles. The van der Waals surface area contributed by atoms with Gasteiger partial charge in [0.05, 0.1) is 6.07 Å². The van der Waals surface area contributed by atoms with Gasteiger partial charge in [0, 0.05) is 10.8 Å². The van der Waals surface area contributed by atoms with Crippen molar-refractivity contribution in [2.75, 3.05) is 6.54 Å². The van der Waals surface area contributed by atoms with Crippen molar-refractivity contribution in [3.8, 4) is 6.07 Å². The Hall–Kier alpha value is -2.00. The molecule has 0 aliphatic heterocycles. The van der Waals surface area contributed by atoms with Crippen LogP contribution in [0, 0.1) is 11.3 Å². The van der Waals surface area contributed by atoms with Crippen LogP contribution in [0.3, 0.4) is 0 Å². The Labute approximate surface area is 140 Å². The first-order valence-electron chi connectivity index (χ1n) is 7.86. The predicted molar refractivity (Wildman–Crippen MR) is 90.8 cm³/mol. The number of carbonyl (C=O) groups is 2. The molecule has 0 saturated heterocycles. The molecule has 0 aromatic heterocycles. The van der Waals surface area contributed by atoms with Crippen LogP contribution >= 0.6 is 11.8 Å². The fourth-order valence-corrected chi connectivity index (χ4v) is 3.94. The van der Waals surface area contributed by atoms with E-state index in [1.165, 1.54) is 18.2 Å². The average molecular weight is 331 g/mol. The van der Waals surface area contributed by atoms with Gasteiger partial charge in [-0.05, 0) is 25.0 Å². The van der Waals surface area contributed by atoms with Crippen molar-refractivity contribution in [3.63, 3.8) is 0 Å². The Bertz CT molecular complexity index is 565. The third kappa shape index (κ3) is 5.61. The van der Waals surface area contributed by atoms with Gasteiger partial charge in [-0.1, -0.05) is 37.5 Å². The Morgan fingerprint density at radius 3 is 2.57 bits per heavy atom. The zero-order valence-electron chi connectivity index (χ0n) is 13.0. The summed E-state index contributed by atoms with van der Waals surface area (Å²) in [6.07, 6.45) is 5.69. The highest BCUT2D eigenvalue weighted by atomic mass is 32.2. The number of amides is 2. The standard InChI is InChI=1S/C17H21N3O2S/c18-11-12-19-16(22)17(23-14-9-5-2-6-10-14)20-15(21)13-7-3-1-4-8-13/h1,3-4,7-8,14,17H,2,5-6,9-10,12H2,(H,19,22)(H,20,21). The smallest absolute Gasteiger partial charge is 0.253 e. The monoisotopic (exact) mass is 331 g/mol. The van der Waals surface area contributed by atoms with Gasteiger partial charge < -0.3 is 10.6 Å². The van der Waals surface area contributed by atoms with Gasteiger partial charge in [-0.2, -0.15) is 5.26 Å². The molecule has 1 fully saturated rings. The summed E-state index contributed by atoms with van der Waals surface area (Å²) in [5.74, 6) is -0.586. The van der Waals surface area contributed by atoms with E-state index in [1.54, 1.807) is 24.3 Å². The summed E-state index contributed by atoms with van der Waals surface area (Å²) in [5, 5.41) is 13.7. The van der Waals surface area contributed by atoms with E-state index in [-0.39, 0.29) is 18.4 Å². The molecule has 122 valence electrons. The van der Waals surface area contributed by atoms with Crippen LogP contribution in [0.4, 0.5) is 0 Å². The summed E-state index contributed by atoms with van der Waals surface area (Å²) in [5.41, 5.74) is 0.523. The fraction of sp³-hybridized carbons (Fsp3) is 0.471. The second kappa shape index (κ2) is 9.21. The van der Waals surface area contributed by atoms with Gasteiger partial charge >= 0.3 is 0 Å². The van der Waals surface area contributed by atoms with E-state index < -0.39 is 5.37 Å². The first-order chi connectivity index (χ1) is 11.2. The Kier molecular flexibility index (Phi) is 6.95. The second-order valence-electron chi connectivity index (χ2n) is 5.49. The Morgan fingerprint density at radius 1 is 1.22 bits per heavy atom. The highest BCUT2D eigenvalue weighted by molar-refractivity contribution is 8.01. The summed E-state index contributed by atoms with van der Waals surface area (Å²) in [7, 11) is 0. The molecule has 0 bridgehead atoms. The molecule has 5 nitrogen and oxygen atoms in total. The van der Waals surface area contributed by atoms with E-state index in [0.29, 0.717) is 10.8 Å². The third-order valence-corrected chi connectivity index (χ3v) is 5.22. The van der Waals surface area contributed by atoms with Gasteiger partial charge in [0.25, 0.3) is 11.8 Å². The molecule has 2 rings (SSSR count). The number of carbonyl (C=O) groups excluding carboxylic acids is 2. The summed E-state index contributed by atoms with van der Waals surface area (Å²) < 4.78 is 0. The van der Waals surface area contributed by atoms with E-state index in [9.17, 15) is 9.59 Å². The lowest BCUT2D eigenvalue weighted by Gasteiger charge is -2.26. The maximum absolute atomic E-state index is 12.3. The number of nitriles is 1. The molecule has 1 atom stereocenters. The van der Waals surface area contributed by atoms with Crippen LogP contribution in [0.1, 0.15) is 42.5 Å². The quantitative estimate of drug-likeness (QED) is 0.620. The Balaban J connectivity index is 2.01. The van der Waals surface area contributed by atoms with Crippen LogP contribution in [-0.4, -0.2) is 29.0 Å². The molecular weight excluding hydrogens is 310 g/mol. The van der Waals surface area contributed by atoms with E-state index in [1.807, 2.05) is 12.1 Å². The highest BCUT2D eigenvalue weighted by Gasteiger charge is 2.26. The van der Waals surface area contributed by atoms with Crippen LogP contribution in [0.25, 0.3) is 0 Å². The van der Waals surface area contributed by atoms with Crippen LogP contribution in [0.2, 0.25) is 0 Å². The first-order valence-corrected chi connectivity index (χ1v) is 8.81. The summed E-state index contributed by atoms with van der Waals surface area (Å²) in [6.45, 7) is -0.0538. The molecule has 1 aromatic carbocycles. The van der Waals surface area contributed by atoms with Crippen molar-refractivity contribution in [1.29, 1.82) is 5.26 Å². The van der Waals surface area contributed by atoms with Gasteiger partial charge in [-0.25, -0.2) is 0 Å². The Morgan fingerprint density at radius 2 is 1.91 bits per heavy atom. The molecule has 1 aromatic rings. The van der Waals surface area contributed by atoms with E-state index in [0.717, 1.165) is 25.7 Å². The van der Waals surface area contributed by atoms with Crippen LogP contribution in [0.15, 0.2) is 30.3 Å². The molecule has 1 saturated carbocycles. The van der Waals surface area contributed by atoms with Crippen LogP contribution < -0.4 is 10.6 Å². The van der Waals surface area contributed by atoms with E-state index in [4.69, 9.17) is 5.26 Å². The molecule has 6 heteroatoms. The van der Waals surface area contributed by atoms with Gasteiger partial charge in [0.15, 0.2) is 5.37 Å². The third-order valence-electron chi connectivity index (χ3n) is 3.76. The lowest BCUT2D eigenvalue weighted by atomic mass is 10.0. The fourth-order valence-electron chi connectivity index (χ4n) is 2.57. The molecule has 1 unspecified atom stereocenters. The summed E-state index contributed by atoms with van der Waals surface area (Å²) >= 11 is 1.49. The normalized spacial score (nSPS) is 16.1. The molecule has 23 heavy (non-hydrogen) atoms. The average Bonchev–Trinajstić information content (AvgIpc) is 2.60. The molecule has 0 heterocycles. The van der Waals surface area contributed by atoms with E-state index in [2.05, 4.69) is 10.6 Å². The van der Waals surface area contributed by atoms with Crippen LogP contribution in [0.5, 0.6) is 0 Å². The van der Waals surface area contributed by atoms with Gasteiger partial charge in [0.1, 0.15) is 6.54 Å². The second-order valence-corrected chi connectivity index (χ2v) is 6.90. The topological polar surface area (TPSA) is 82.0 Å². The number of nitrogens with one attached hydrogen (secondary N) is 2. The molecule has 1 aliphatic rings. The minimum atomic E-state index is -0.667. The highest BCUT2D eigenvalue weighted by Crippen LogP contribution is 2.30. The largest absolute Gasteiger partial charge is 0.340 e. The number of benzene rings is 1. The number of rotatable bonds is 6. The molecule has 0 radical (unpaired) electrons. The minimum Gasteiger partial charge on any atom is -0.340 e. The van der Waals surface area contributed by atoms with Crippen LogP contribution in [-0.2, 0) is 4.79 Å². The maximum Gasteiger partial charge on any atom is 0.253 e. The van der Waals surface area contributed by atoms with Gasteiger partial charge in [-0.3, -0.25) is 9.59 Å². The van der Waals surface area contributed by atoms with Gasteiger partial charge in [0.2, 0.25) is 0 Å². The molecular formula is C17H21N3O2S. The number of hydrogen-bond acceptors (Lipinski definition) is 4. The molecule has 0 spiro atoms. The number of thioether (sulfide) groups is 1. The zero-order valence-corrected chi connectivity index (χ0v) is 13.8. The summed E-state index contributed by atoms with van der Waals surface area (Å²) in [4.78, 5) is 24.6. The van der Waals surface area contributed by atoms with Crippen molar-refractivity contribution >= 4 is 23.6 Å². The number of hydrogen-bond donors (Lipinski definition) is 2. The van der Waals surface area contributed by atoms with Crippen molar-refractivity contribution in [3.05, 3.63) is 35.9 Å². The first kappa shape index (κ1) is 17.4. The van der Waals surface area contributed by atoms with Crippen molar-refractivity contribution < 1.29 is 9.59 Å². The van der Waals surface area contributed by atoms with Crippen molar-refractivity contribution in [1.82, 2.24) is 10.6 Å². The lowest BCUT2D eigenvalue weighted by molar-refractivity contribution is -0.120. The number of nitrogens with zero attached hydrogens (tertiary/aromatic N) is 1. The molecule has 2 amide bonds. The lowest BCUT2D eigenvalue weighted by Crippen LogP contribution is -2.45. The van der Waals surface area contributed by atoms with Crippen molar-refractivity contribution in [2.45, 2.75) is 42.7 Å². The summed E-state index contributed by atoms with van der Waals surface area (Å²) in [6, 6.07) is 10.7. The SMILES string of the molecule is N#CCNC(=O)C(NC(=O)c1ccccc1)SC1CCCCC1. The van der Waals surface area contributed by atoms with Crippen molar-refractivity contribution in [2.24, 2.45) is 0 Å². The zero-order chi connectivity index (χ0) is 16.5.